The molecule has 2 aliphatic rings. The Hall–Kier alpha value is -2.94. The second kappa shape index (κ2) is 9.91. The fourth-order valence-electron chi connectivity index (χ4n) is 4.69. The molecule has 9 nitrogen and oxygen atoms in total. The van der Waals surface area contributed by atoms with E-state index in [-0.39, 0.29) is 30.4 Å². The summed E-state index contributed by atoms with van der Waals surface area (Å²) < 4.78 is 4.78. The Morgan fingerprint density at radius 2 is 1.76 bits per heavy atom. The van der Waals surface area contributed by atoms with Crippen LogP contribution < -0.4 is 16.0 Å². The van der Waals surface area contributed by atoms with Crippen molar-refractivity contribution in [3.05, 3.63) is 24.3 Å². The molecule has 0 atom stereocenters. The highest BCUT2D eigenvalue weighted by molar-refractivity contribution is 6.10. The molecule has 0 aromatic heterocycles. The molecule has 1 saturated carbocycles. The average Bonchev–Trinajstić information content (AvgIpc) is 2.98. The van der Waals surface area contributed by atoms with Crippen LogP contribution in [0.2, 0.25) is 0 Å². The van der Waals surface area contributed by atoms with Gasteiger partial charge in [-0.05, 0) is 55.2 Å². The molecule has 3 rings (SSSR count). The highest BCUT2D eigenvalue weighted by Gasteiger charge is 2.53. The van der Waals surface area contributed by atoms with Crippen molar-refractivity contribution in [1.82, 2.24) is 10.2 Å². The maximum absolute atomic E-state index is 13.1. The maximum atomic E-state index is 13.1. The SMILES string of the molecule is CCC(C)(C)C1CCC2(CC1)NC(=O)N(CC(=O)Nc1cccc(NC(=O)COC)c1)C2=O. The summed E-state index contributed by atoms with van der Waals surface area (Å²) in [5, 5.41) is 8.21. The lowest BCUT2D eigenvalue weighted by Gasteiger charge is -2.42. The number of hydrogen-bond donors (Lipinski definition) is 3. The number of amides is 5. The summed E-state index contributed by atoms with van der Waals surface area (Å²) in [5.74, 6) is -0.623. The van der Waals surface area contributed by atoms with Gasteiger partial charge in [-0.15, -0.1) is 0 Å². The summed E-state index contributed by atoms with van der Waals surface area (Å²) in [6, 6.07) is 6.09. The molecule has 1 aromatic carbocycles. The molecular formula is C24H34N4O5. The third kappa shape index (κ3) is 5.52. The van der Waals surface area contributed by atoms with Gasteiger partial charge in [0.15, 0.2) is 0 Å². The number of urea groups is 1. The van der Waals surface area contributed by atoms with E-state index in [4.69, 9.17) is 4.74 Å². The predicted octanol–water partition coefficient (Wildman–Crippen LogP) is 3.13. The predicted molar refractivity (Wildman–Crippen MR) is 125 cm³/mol. The van der Waals surface area contributed by atoms with E-state index in [0.717, 1.165) is 24.2 Å². The molecule has 0 unspecified atom stereocenters. The summed E-state index contributed by atoms with van der Waals surface area (Å²) in [4.78, 5) is 51.0. The number of nitrogens with zero attached hydrogens (tertiary/aromatic N) is 1. The maximum Gasteiger partial charge on any atom is 0.325 e. The molecule has 5 amide bonds. The molecule has 1 spiro atoms. The highest BCUT2D eigenvalue weighted by atomic mass is 16.5. The van der Waals surface area contributed by atoms with E-state index in [0.29, 0.717) is 30.1 Å². The van der Waals surface area contributed by atoms with E-state index < -0.39 is 17.5 Å². The number of methoxy groups -OCH3 is 1. The van der Waals surface area contributed by atoms with Crippen LogP contribution in [0.1, 0.15) is 52.9 Å². The molecule has 1 saturated heterocycles. The van der Waals surface area contributed by atoms with Gasteiger partial charge in [-0.2, -0.15) is 0 Å². The minimum Gasteiger partial charge on any atom is -0.375 e. The lowest BCUT2D eigenvalue weighted by Crippen LogP contribution is -2.51. The van der Waals surface area contributed by atoms with Crippen LogP contribution in [0.5, 0.6) is 0 Å². The van der Waals surface area contributed by atoms with Gasteiger partial charge in [0.2, 0.25) is 11.8 Å². The number of ether oxygens (including phenoxy) is 1. The molecule has 1 aliphatic carbocycles. The zero-order valence-corrected chi connectivity index (χ0v) is 19.8. The van der Waals surface area contributed by atoms with E-state index in [1.54, 1.807) is 24.3 Å². The summed E-state index contributed by atoms with van der Waals surface area (Å²) >= 11 is 0. The number of imide groups is 1. The number of hydrogen-bond acceptors (Lipinski definition) is 5. The Balaban J connectivity index is 1.59. The highest BCUT2D eigenvalue weighted by Crippen LogP contribution is 2.45. The fraction of sp³-hybridized carbons (Fsp3) is 0.583. The Morgan fingerprint density at radius 3 is 2.33 bits per heavy atom. The third-order valence-corrected chi connectivity index (χ3v) is 7.11. The van der Waals surface area contributed by atoms with Gasteiger partial charge in [0, 0.05) is 18.5 Å². The van der Waals surface area contributed by atoms with Crippen molar-refractivity contribution in [2.45, 2.75) is 58.4 Å². The molecule has 33 heavy (non-hydrogen) atoms. The summed E-state index contributed by atoms with van der Waals surface area (Å²) in [5.41, 5.74) is 0.239. The molecule has 180 valence electrons. The van der Waals surface area contributed by atoms with Crippen LogP contribution in [-0.4, -0.2) is 54.5 Å². The van der Waals surface area contributed by atoms with Gasteiger partial charge >= 0.3 is 6.03 Å². The minimum atomic E-state index is -0.900. The summed E-state index contributed by atoms with van der Waals surface area (Å²) in [6.45, 7) is 6.23. The average molecular weight is 459 g/mol. The number of benzene rings is 1. The van der Waals surface area contributed by atoms with E-state index in [2.05, 4.69) is 36.7 Å². The number of nitrogens with one attached hydrogen (secondary N) is 3. The normalized spacial score (nSPS) is 22.9. The van der Waals surface area contributed by atoms with Gasteiger partial charge in [0.1, 0.15) is 18.7 Å². The molecule has 1 aliphatic heterocycles. The molecular weight excluding hydrogens is 424 g/mol. The van der Waals surface area contributed by atoms with Crippen LogP contribution in [0.15, 0.2) is 24.3 Å². The quantitative estimate of drug-likeness (QED) is 0.518. The summed E-state index contributed by atoms with van der Waals surface area (Å²) in [7, 11) is 1.42. The zero-order chi connectivity index (χ0) is 24.2. The van der Waals surface area contributed by atoms with Gasteiger partial charge in [-0.25, -0.2) is 4.79 Å². The first-order valence-electron chi connectivity index (χ1n) is 11.4. The monoisotopic (exact) mass is 458 g/mol. The summed E-state index contributed by atoms with van der Waals surface area (Å²) in [6.07, 6.45) is 3.98. The minimum absolute atomic E-state index is 0.0821. The van der Waals surface area contributed by atoms with E-state index in [9.17, 15) is 19.2 Å². The van der Waals surface area contributed by atoms with E-state index >= 15 is 0 Å². The molecule has 9 heteroatoms. The molecule has 2 fully saturated rings. The lowest BCUT2D eigenvalue weighted by atomic mass is 9.65. The topological polar surface area (TPSA) is 117 Å². The van der Waals surface area contributed by atoms with E-state index in [1.165, 1.54) is 7.11 Å². The smallest absolute Gasteiger partial charge is 0.325 e. The first kappa shape index (κ1) is 24.7. The Bertz CT molecular complexity index is 921. The standard InChI is InChI=1S/C24H34N4O5/c1-5-23(2,3)16-9-11-24(12-10-16)21(31)28(22(32)27-24)14-19(29)25-17-7-6-8-18(13-17)26-20(30)15-33-4/h6-8,13,16H,5,9-12,14-15H2,1-4H3,(H,25,29)(H,26,30)(H,27,32). The lowest BCUT2D eigenvalue weighted by molar-refractivity contribution is -0.135. The van der Waals surface area contributed by atoms with Crippen molar-refractivity contribution in [2.24, 2.45) is 11.3 Å². The van der Waals surface area contributed by atoms with Crippen molar-refractivity contribution in [2.75, 3.05) is 30.9 Å². The first-order valence-corrected chi connectivity index (χ1v) is 11.4. The van der Waals surface area contributed by atoms with Gasteiger partial charge < -0.3 is 20.7 Å². The van der Waals surface area contributed by atoms with Crippen LogP contribution in [0, 0.1) is 11.3 Å². The van der Waals surface area contributed by atoms with Crippen LogP contribution in [-0.2, 0) is 19.1 Å². The van der Waals surface area contributed by atoms with Gasteiger partial charge in [-0.1, -0.05) is 33.3 Å². The van der Waals surface area contributed by atoms with Gasteiger partial charge in [0.25, 0.3) is 5.91 Å². The van der Waals surface area contributed by atoms with Crippen molar-refractivity contribution in [3.8, 4) is 0 Å². The number of rotatable bonds is 8. The van der Waals surface area contributed by atoms with Crippen LogP contribution in [0.3, 0.4) is 0 Å². The first-order chi connectivity index (χ1) is 15.6. The second-order valence-electron chi connectivity index (χ2n) is 9.63. The van der Waals surface area contributed by atoms with Gasteiger partial charge in [-0.3, -0.25) is 19.3 Å². The number of anilines is 2. The molecule has 0 bridgehead atoms. The van der Waals surface area contributed by atoms with Crippen LogP contribution >= 0.6 is 0 Å². The molecule has 1 aromatic rings. The fourth-order valence-corrected chi connectivity index (χ4v) is 4.69. The zero-order valence-electron chi connectivity index (χ0n) is 19.8. The largest absolute Gasteiger partial charge is 0.375 e. The van der Waals surface area contributed by atoms with Crippen molar-refractivity contribution < 1.29 is 23.9 Å². The van der Waals surface area contributed by atoms with Crippen molar-refractivity contribution in [1.29, 1.82) is 0 Å². The molecule has 3 N–H and O–H groups in total. The second-order valence-corrected chi connectivity index (χ2v) is 9.63. The van der Waals surface area contributed by atoms with Crippen LogP contribution in [0.4, 0.5) is 16.2 Å². The number of carbonyl (C=O) groups excluding carboxylic acids is 4. The van der Waals surface area contributed by atoms with E-state index in [1.807, 2.05) is 0 Å². The van der Waals surface area contributed by atoms with Gasteiger partial charge in [0.05, 0.1) is 0 Å². The Labute approximate surface area is 194 Å². The van der Waals surface area contributed by atoms with Crippen LogP contribution in [0.25, 0.3) is 0 Å². The molecule has 1 heterocycles. The Kier molecular flexibility index (Phi) is 7.41. The third-order valence-electron chi connectivity index (χ3n) is 7.11. The van der Waals surface area contributed by atoms with Crippen molar-refractivity contribution in [3.63, 3.8) is 0 Å². The molecule has 0 radical (unpaired) electrons. The Morgan fingerprint density at radius 1 is 1.15 bits per heavy atom. The van der Waals surface area contributed by atoms with Crippen molar-refractivity contribution >= 4 is 35.1 Å². The number of carbonyl (C=O) groups is 4.